The number of hydrogen-bond donors (Lipinski definition) is 2. The number of amides is 1. The molecule has 1 heterocycles. The van der Waals surface area contributed by atoms with Gasteiger partial charge in [-0.1, -0.05) is 19.1 Å². The van der Waals surface area contributed by atoms with Crippen molar-refractivity contribution in [2.75, 3.05) is 18.4 Å². The van der Waals surface area contributed by atoms with Crippen molar-refractivity contribution < 1.29 is 9.18 Å². The van der Waals surface area contributed by atoms with Crippen molar-refractivity contribution in [2.24, 2.45) is 0 Å². The summed E-state index contributed by atoms with van der Waals surface area (Å²) in [6.45, 7) is 3.34. The molecule has 116 valence electrons. The van der Waals surface area contributed by atoms with Crippen LogP contribution in [0.4, 0.5) is 10.1 Å². The van der Waals surface area contributed by atoms with Crippen molar-refractivity contribution in [3.05, 3.63) is 59.7 Å². The normalized spacial score (nSPS) is 10.3. The second kappa shape index (κ2) is 8.12. The van der Waals surface area contributed by atoms with E-state index in [0.29, 0.717) is 18.8 Å². The van der Waals surface area contributed by atoms with E-state index >= 15 is 0 Å². The lowest BCUT2D eigenvalue weighted by molar-refractivity contribution is 0.0948. The van der Waals surface area contributed by atoms with Gasteiger partial charge in [0.1, 0.15) is 11.5 Å². The SMILES string of the molecule is CCCNC(=O)c1cc(NCCc2ccc(F)cc2)ccn1. The van der Waals surface area contributed by atoms with Crippen molar-refractivity contribution in [3.8, 4) is 0 Å². The van der Waals surface area contributed by atoms with Crippen molar-refractivity contribution >= 4 is 11.6 Å². The number of anilines is 1. The number of halogens is 1. The van der Waals surface area contributed by atoms with E-state index in [1.165, 1.54) is 12.1 Å². The van der Waals surface area contributed by atoms with Crippen LogP contribution in [-0.4, -0.2) is 24.0 Å². The first-order valence-corrected chi connectivity index (χ1v) is 7.41. The zero-order valence-corrected chi connectivity index (χ0v) is 12.6. The molecule has 1 amide bonds. The van der Waals surface area contributed by atoms with Gasteiger partial charge in [0.2, 0.25) is 0 Å². The second-order valence-corrected chi connectivity index (χ2v) is 4.99. The smallest absolute Gasteiger partial charge is 0.269 e. The molecule has 4 nitrogen and oxygen atoms in total. The van der Waals surface area contributed by atoms with Crippen LogP contribution in [0.3, 0.4) is 0 Å². The highest BCUT2D eigenvalue weighted by Crippen LogP contribution is 2.09. The first-order chi connectivity index (χ1) is 10.7. The van der Waals surface area contributed by atoms with Gasteiger partial charge in [0, 0.05) is 25.0 Å². The third-order valence-corrected chi connectivity index (χ3v) is 3.18. The van der Waals surface area contributed by atoms with Crippen LogP contribution in [0, 0.1) is 5.82 Å². The van der Waals surface area contributed by atoms with Crippen LogP contribution >= 0.6 is 0 Å². The van der Waals surface area contributed by atoms with Crippen molar-refractivity contribution in [2.45, 2.75) is 19.8 Å². The number of aromatic nitrogens is 1. The number of pyridine rings is 1. The van der Waals surface area contributed by atoms with Gasteiger partial charge in [0.15, 0.2) is 0 Å². The minimum atomic E-state index is -0.228. The van der Waals surface area contributed by atoms with Crippen LogP contribution < -0.4 is 10.6 Å². The van der Waals surface area contributed by atoms with Crippen molar-refractivity contribution in [1.29, 1.82) is 0 Å². The molecule has 0 bridgehead atoms. The van der Waals surface area contributed by atoms with Gasteiger partial charge < -0.3 is 10.6 Å². The molecule has 0 spiro atoms. The highest BCUT2D eigenvalue weighted by atomic mass is 19.1. The number of nitrogens with one attached hydrogen (secondary N) is 2. The monoisotopic (exact) mass is 301 g/mol. The molecule has 2 aromatic rings. The van der Waals surface area contributed by atoms with Crippen LogP contribution in [0.15, 0.2) is 42.6 Å². The van der Waals surface area contributed by atoms with Crippen LogP contribution in [0.1, 0.15) is 29.4 Å². The molecule has 0 atom stereocenters. The minimum Gasteiger partial charge on any atom is -0.385 e. The average molecular weight is 301 g/mol. The molecule has 0 aliphatic carbocycles. The maximum atomic E-state index is 12.8. The van der Waals surface area contributed by atoms with Crippen LogP contribution in [-0.2, 0) is 6.42 Å². The first kappa shape index (κ1) is 15.9. The standard InChI is InChI=1S/C17H20FN3O/c1-2-9-21-17(22)16-12-15(8-11-20-16)19-10-7-13-3-5-14(18)6-4-13/h3-6,8,11-12H,2,7,9-10H2,1H3,(H,19,20)(H,21,22). The summed E-state index contributed by atoms with van der Waals surface area (Å²) in [5.41, 5.74) is 2.31. The molecule has 1 aromatic heterocycles. The quantitative estimate of drug-likeness (QED) is 0.826. The highest BCUT2D eigenvalue weighted by molar-refractivity contribution is 5.93. The molecule has 0 aliphatic heterocycles. The van der Waals surface area contributed by atoms with Gasteiger partial charge in [-0.15, -0.1) is 0 Å². The fourth-order valence-electron chi connectivity index (χ4n) is 2.00. The van der Waals surface area contributed by atoms with E-state index in [4.69, 9.17) is 0 Å². The van der Waals surface area contributed by atoms with Crippen LogP contribution in [0.25, 0.3) is 0 Å². The Labute approximate surface area is 129 Å². The molecular formula is C17H20FN3O. The summed E-state index contributed by atoms with van der Waals surface area (Å²) in [6.07, 6.45) is 3.28. The van der Waals surface area contributed by atoms with Gasteiger partial charge in [-0.05, 0) is 42.7 Å². The van der Waals surface area contributed by atoms with E-state index in [1.807, 2.05) is 13.0 Å². The van der Waals surface area contributed by atoms with Gasteiger partial charge in [0.05, 0.1) is 0 Å². The number of hydrogen-bond acceptors (Lipinski definition) is 3. The number of carbonyl (C=O) groups is 1. The predicted molar refractivity (Wildman–Crippen MR) is 85.5 cm³/mol. The Balaban J connectivity index is 1.87. The fourth-order valence-corrected chi connectivity index (χ4v) is 2.00. The lowest BCUT2D eigenvalue weighted by Gasteiger charge is -2.08. The number of benzene rings is 1. The van der Waals surface area contributed by atoms with Crippen molar-refractivity contribution in [1.82, 2.24) is 10.3 Å². The highest BCUT2D eigenvalue weighted by Gasteiger charge is 2.06. The zero-order chi connectivity index (χ0) is 15.8. The summed E-state index contributed by atoms with van der Waals surface area (Å²) in [7, 11) is 0. The molecule has 0 fully saturated rings. The minimum absolute atomic E-state index is 0.163. The average Bonchev–Trinajstić information content (AvgIpc) is 2.55. The molecule has 0 aliphatic rings. The first-order valence-electron chi connectivity index (χ1n) is 7.41. The summed E-state index contributed by atoms with van der Waals surface area (Å²) >= 11 is 0. The zero-order valence-electron chi connectivity index (χ0n) is 12.6. The van der Waals surface area contributed by atoms with Crippen LogP contribution in [0.5, 0.6) is 0 Å². The summed E-state index contributed by atoms with van der Waals surface area (Å²) in [5, 5.41) is 6.04. The Morgan fingerprint density at radius 1 is 1.18 bits per heavy atom. The molecule has 22 heavy (non-hydrogen) atoms. The molecule has 0 unspecified atom stereocenters. The van der Waals surface area contributed by atoms with Gasteiger partial charge in [-0.3, -0.25) is 9.78 Å². The lowest BCUT2D eigenvalue weighted by atomic mass is 10.1. The maximum Gasteiger partial charge on any atom is 0.269 e. The summed E-state index contributed by atoms with van der Waals surface area (Å²) in [4.78, 5) is 15.9. The Morgan fingerprint density at radius 3 is 2.68 bits per heavy atom. The third-order valence-electron chi connectivity index (χ3n) is 3.18. The number of carbonyl (C=O) groups excluding carboxylic acids is 1. The number of nitrogens with zero attached hydrogens (tertiary/aromatic N) is 1. The Kier molecular flexibility index (Phi) is 5.89. The summed E-state index contributed by atoms with van der Waals surface area (Å²) in [5.74, 6) is -0.391. The molecule has 1 aromatic carbocycles. The Hall–Kier alpha value is -2.43. The van der Waals surface area contributed by atoms with Gasteiger partial charge in [-0.25, -0.2) is 4.39 Å². The van der Waals surface area contributed by atoms with E-state index in [0.717, 1.165) is 24.1 Å². The topological polar surface area (TPSA) is 54.0 Å². The molecule has 2 N–H and O–H groups in total. The number of rotatable bonds is 7. The third kappa shape index (κ3) is 4.84. The maximum absolute atomic E-state index is 12.8. The largest absolute Gasteiger partial charge is 0.385 e. The van der Waals surface area contributed by atoms with E-state index in [1.54, 1.807) is 24.4 Å². The van der Waals surface area contributed by atoms with E-state index in [2.05, 4.69) is 15.6 Å². The van der Waals surface area contributed by atoms with Crippen LogP contribution in [0.2, 0.25) is 0 Å². The fraction of sp³-hybridized carbons (Fsp3) is 0.294. The molecule has 5 heteroatoms. The molecule has 0 saturated carbocycles. The van der Waals surface area contributed by atoms with Gasteiger partial charge in [-0.2, -0.15) is 0 Å². The van der Waals surface area contributed by atoms with Gasteiger partial charge in [0.25, 0.3) is 5.91 Å². The second-order valence-electron chi connectivity index (χ2n) is 4.99. The summed E-state index contributed by atoms with van der Waals surface area (Å²) in [6, 6.07) is 10.0. The lowest BCUT2D eigenvalue weighted by Crippen LogP contribution is -2.25. The van der Waals surface area contributed by atoms with E-state index < -0.39 is 0 Å². The summed E-state index contributed by atoms with van der Waals surface area (Å²) < 4.78 is 12.8. The van der Waals surface area contributed by atoms with Gasteiger partial charge >= 0.3 is 0 Å². The van der Waals surface area contributed by atoms with E-state index in [-0.39, 0.29) is 11.7 Å². The van der Waals surface area contributed by atoms with Crippen molar-refractivity contribution in [3.63, 3.8) is 0 Å². The molecule has 0 saturated heterocycles. The predicted octanol–water partition coefficient (Wildman–Crippen LogP) is 3.02. The molecule has 0 radical (unpaired) electrons. The Morgan fingerprint density at radius 2 is 1.95 bits per heavy atom. The molecule has 2 rings (SSSR count). The molecular weight excluding hydrogens is 281 g/mol. The van der Waals surface area contributed by atoms with E-state index in [9.17, 15) is 9.18 Å². The Bertz CT molecular complexity index is 614.